The van der Waals surface area contributed by atoms with Crippen LogP contribution in [0.4, 0.5) is 0 Å². The first kappa shape index (κ1) is 38.0. The first-order valence-electron chi connectivity index (χ1n) is 19.0. The molecule has 6 heterocycles. The van der Waals surface area contributed by atoms with Gasteiger partial charge in [-0.1, -0.05) is 102 Å². The third-order valence-electron chi connectivity index (χ3n) is 9.02. The van der Waals surface area contributed by atoms with E-state index in [0.29, 0.717) is 0 Å². The maximum atomic E-state index is 4.61. The van der Waals surface area contributed by atoms with Crippen molar-refractivity contribution in [1.82, 2.24) is 9.97 Å². The van der Waals surface area contributed by atoms with Gasteiger partial charge in [-0.05, 0) is 98.5 Å². The molecular weight excluding hydrogens is 709 g/mol. The number of aromatic nitrogens is 2. The lowest BCUT2D eigenvalue weighted by molar-refractivity contribution is 0.609. The van der Waals surface area contributed by atoms with Crippen LogP contribution in [0.5, 0.6) is 0 Å². The van der Waals surface area contributed by atoms with Crippen molar-refractivity contribution < 1.29 is 0 Å². The Labute approximate surface area is 327 Å². The lowest BCUT2D eigenvalue weighted by Crippen LogP contribution is -1.89. The number of nitrogens with zero attached hydrogens (tertiary/aromatic N) is 2. The van der Waals surface area contributed by atoms with Crippen molar-refractivity contribution in [3.05, 3.63) is 116 Å². The van der Waals surface area contributed by atoms with Crippen molar-refractivity contribution in [3.63, 3.8) is 0 Å². The molecule has 0 saturated heterocycles. The Hall–Kier alpha value is -3.78. The molecule has 0 amide bonds. The largest absolute Gasteiger partial charge is 0.255 e. The van der Waals surface area contributed by atoms with Crippen LogP contribution in [0.15, 0.2) is 85.2 Å². The first-order valence-corrected chi connectivity index (χ1v) is 22.3. The molecule has 0 aromatic carbocycles. The highest BCUT2D eigenvalue weighted by atomic mass is 32.1. The molecule has 266 valence electrons. The fourth-order valence-electron chi connectivity index (χ4n) is 6.09. The van der Waals surface area contributed by atoms with E-state index < -0.39 is 0 Å². The van der Waals surface area contributed by atoms with Gasteiger partial charge in [0.15, 0.2) is 0 Å². The van der Waals surface area contributed by atoms with Crippen LogP contribution < -0.4 is 0 Å². The minimum atomic E-state index is 0.798. The maximum Gasteiger partial charge on any atom is 0.0898 e. The average Bonchev–Trinajstić information content (AvgIpc) is 4.01. The van der Waals surface area contributed by atoms with Gasteiger partial charge in [-0.3, -0.25) is 9.97 Å². The summed E-state index contributed by atoms with van der Waals surface area (Å²) in [4.78, 5) is 19.6. The fraction of sp³-hybridized carbons (Fsp3) is 0.348. The van der Waals surface area contributed by atoms with Gasteiger partial charge in [-0.25, -0.2) is 0 Å². The van der Waals surface area contributed by atoms with E-state index >= 15 is 0 Å². The van der Waals surface area contributed by atoms with Gasteiger partial charge in [0, 0.05) is 52.8 Å². The zero-order valence-electron chi connectivity index (χ0n) is 30.5. The van der Waals surface area contributed by atoms with Crippen LogP contribution in [0.1, 0.15) is 122 Å². The molecule has 0 aliphatic heterocycles. The Morgan fingerprint density at radius 2 is 0.827 bits per heavy atom. The van der Waals surface area contributed by atoms with E-state index in [1.54, 1.807) is 22.7 Å². The van der Waals surface area contributed by atoms with Crippen molar-refractivity contribution in [2.45, 2.75) is 104 Å². The number of hydrogen-bond donors (Lipinski definition) is 0. The van der Waals surface area contributed by atoms with Crippen molar-refractivity contribution in [1.29, 1.82) is 0 Å². The van der Waals surface area contributed by atoms with Gasteiger partial charge in [0.25, 0.3) is 0 Å². The van der Waals surface area contributed by atoms with Gasteiger partial charge < -0.3 is 0 Å². The van der Waals surface area contributed by atoms with E-state index in [1.165, 1.54) is 119 Å². The SMILES string of the molecule is CCCCCCCCc1ccc(-c2ccc(C#Cc3ccnc(-c4cc(C#Cc5ccc(-c6ccc(CCCCCCCC)s6)s5)ccn4)c3)s2)s1. The molecule has 2 nitrogen and oxygen atoms in total. The minimum Gasteiger partial charge on any atom is -0.255 e. The van der Waals surface area contributed by atoms with E-state index in [2.05, 4.69) is 96.0 Å². The molecule has 0 saturated carbocycles. The van der Waals surface area contributed by atoms with E-state index in [0.717, 1.165) is 32.3 Å². The standard InChI is InChI=1S/C46H48N2S4/c1-3-5-7-9-11-13-15-37-21-25-43(49-37)45-27-23-39(51-45)19-17-35-29-31-47-41(33-35)42-34-36(30-32-48-42)18-20-40-24-28-46(52-40)44-26-22-38(50-44)16-14-12-10-8-6-4-2/h21-34H,3-16H2,1-2H3. The molecule has 6 heteroatoms. The van der Waals surface area contributed by atoms with Crippen LogP contribution in [0.3, 0.4) is 0 Å². The molecule has 6 rings (SSSR count). The fourth-order valence-corrected chi connectivity index (χ4v) is 10.1. The summed E-state index contributed by atoms with van der Waals surface area (Å²) in [6, 6.07) is 25.8. The number of aryl methyl sites for hydroxylation is 2. The summed E-state index contributed by atoms with van der Waals surface area (Å²) in [5.74, 6) is 13.5. The van der Waals surface area contributed by atoms with Crippen LogP contribution in [0.2, 0.25) is 0 Å². The molecule has 6 aromatic heterocycles. The summed E-state index contributed by atoms with van der Waals surface area (Å²) < 4.78 is 0. The van der Waals surface area contributed by atoms with Gasteiger partial charge in [-0.2, -0.15) is 0 Å². The molecule has 0 bridgehead atoms. The van der Waals surface area contributed by atoms with E-state index in [9.17, 15) is 0 Å². The highest BCUT2D eigenvalue weighted by Gasteiger charge is 2.08. The normalized spacial score (nSPS) is 10.9. The quantitative estimate of drug-likeness (QED) is 0.0684. The van der Waals surface area contributed by atoms with Gasteiger partial charge >= 0.3 is 0 Å². The summed E-state index contributed by atoms with van der Waals surface area (Å²) in [6.45, 7) is 4.55. The van der Waals surface area contributed by atoms with Crippen molar-refractivity contribution in [3.8, 4) is 54.6 Å². The molecule has 0 fully saturated rings. The molecule has 0 atom stereocenters. The number of hydrogen-bond acceptors (Lipinski definition) is 6. The van der Waals surface area contributed by atoms with Crippen LogP contribution in [0.25, 0.3) is 30.9 Å². The predicted octanol–water partition coefficient (Wildman–Crippen LogP) is 14.3. The third kappa shape index (κ3) is 11.6. The van der Waals surface area contributed by atoms with Crippen LogP contribution >= 0.6 is 45.3 Å². The molecular formula is C46H48N2S4. The van der Waals surface area contributed by atoms with Crippen LogP contribution in [0, 0.1) is 23.7 Å². The molecule has 6 aromatic rings. The van der Waals surface area contributed by atoms with E-state index in [4.69, 9.17) is 0 Å². The van der Waals surface area contributed by atoms with Gasteiger partial charge in [0.1, 0.15) is 0 Å². The Kier molecular flexibility index (Phi) is 14.9. The van der Waals surface area contributed by atoms with Crippen LogP contribution in [-0.2, 0) is 12.8 Å². The molecule has 0 radical (unpaired) electrons. The predicted molar refractivity (Wildman–Crippen MR) is 229 cm³/mol. The highest BCUT2D eigenvalue weighted by molar-refractivity contribution is 7.23. The lowest BCUT2D eigenvalue weighted by Gasteiger charge is -2.01. The Bertz CT molecular complexity index is 1970. The smallest absolute Gasteiger partial charge is 0.0898 e. The number of pyridine rings is 2. The topological polar surface area (TPSA) is 25.8 Å². The van der Waals surface area contributed by atoms with Crippen molar-refractivity contribution in [2.75, 3.05) is 0 Å². The zero-order valence-corrected chi connectivity index (χ0v) is 33.8. The average molecular weight is 757 g/mol. The summed E-state index contributed by atoms with van der Waals surface area (Å²) in [5.41, 5.74) is 3.44. The second-order valence-electron chi connectivity index (χ2n) is 13.3. The second kappa shape index (κ2) is 20.5. The number of rotatable bonds is 17. The van der Waals surface area contributed by atoms with Crippen LogP contribution in [-0.4, -0.2) is 9.97 Å². The maximum absolute atomic E-state index is 4.61. The summed E-state index contributed by atoms with van der Waals surface area (Å²) in [7, 11) is 0. The molecule has 0 aliphatic rings. The Morgan fingerprint density at radius 3 is 1.29 bits per heavy atom. The number of unbranched alkanes of at least 4 members (excludes halogenated alkanes) is 10. The minimum absolute atomic E-state index is 0.798. The summed E-state index contributed by atoms with van der Waals surface area (Å²) >= 11 is 7.38. The Balaban J connectivity index is 1.03. The van der Waals surface area contributed by atoms with E-state index in [1.807, 2.05) is 59.3 Å². The number of thiophene rings is 4. The second-order valence-corrected chi connectivity index (χ2v) is 17.8. The summed E-state index contributed by atoms with van der Waals surface area (Å²) in [5, 5.41) is 0. The monoisotopic (exact) mass is 756 g/mol. The van der Waals surface area contributed by atoms with Crippen molar-refractivity contribution in [2.24, 2.45) is 0 Å². The van der Waals surface area contributed by atoms with Gasteiger partial charge in [-0.15, -0.1) is 45.3 Å². The molecule has 52 heavy (non-hydrogen) atoms. The van der Waals surface area contributed by atoms with Gasteiger partial charge in [0.2, 0.25) is 0 Å². The summed E-state index contributed by atoms with van der Waals surface area (Å²) in [6.07, 6.45) is 22.1. The lowest BCUT2D eigenvalue weighted by atomic mass is 10.1. The van der Waals surface area contributed by atoms with E-state index in [-0.39, 0.29) is 0 Å². The van der Waals surface area contributed by atoms with Crippen molar-refractivity contribution >= 4 is 45.3 Å². The highest BCUT2D eigenvalue weighted by Crippen LogP contribution is 2.35. The van der Waals surface area contributed by atoms with Gasteiger partial charge in [0.05, 0.1) is 21.1 Å². The Morgan fingerprint density at radius 1 is 0.423 bits per heavy atom. The molecule has 0 spiro atoms. The molecule has 0 unspecified atom stereocenters. The first-order chi connectivity index (χ1) is 25.7. The molecule has 0 N–H and O–H groups in total. The zero-order chi connectivity index (χ0) is 35.8. The third-order valence-corrected chi connectivity index (χ3v) is 13.7. The molecule has 0 aliphatic carbocycles.